The van der Waals surface area contributed by atoms with E-state index in [2.05, 4.69) is 5.92 Å². The Morgan fingerprint density at radius 1 is 1.54 bits per heavy atom. The number of hydrogen-bond donors (Lipinski definition) is 1. The van der Waals surface area contributed by atoms with Crippen molar-refractivity contribution >= 4 is 17.3 Å². The SMILES string of the molecule is C#CCCOc1ccc(N)c(Cl)c1. The maximum atomic E-state index is 5.78. The Kier molecular flexibility index (Phi) is 3.48. The lowest BCUT2D eigenvalue weighted by Crippen LogP contribution is -1.96. The van der Waals surface area contributed by atoms with Gasteiger partial charge in [-0.25, -0.2) is 0 Å². The fourth-order valence-electron chi connectivity index (χ4n) is 0.825. The number of benzene rings is 1. The summed E-state index contributed by atoms with van der Waals surface area (Å²) in [5.41, 5.74) is 6.07. The minimum absolute atomic E-state index is 0.497. The highest BCUT2D eigenvalue weighted by Crippen LogP contribution is 2.23. The van der Waals surface area contributed by atoms with Crippen LogP contribution >= 0.6 is 11.6 Å². The monoisotopic (exact) mass is 195 g/mol. The smallest absolute Gasteiger partial charge is 0.120 e. The van der Waals surface area contributed by atoms with Crippen LogP contribution in [0.25, 0.3) is 0 Å². The summed E-state index contributed by atoms with van der Waals surface area (Å²) in [6.07, 6.45) is 5.66. The molecule has 1 rings (SSSR count). The average Bonchev–Trinajstić information content (AvgIpc) is 2.12. The maximum absolute atomic E-state index is 5.78. The zero-order valence-electron chi connectivity index (χ0n) is 7.09. The molecular weight excluding hydrogens is 186 g/mol. The molecule has 0 aliphatic carbocycles. The van der Waals surface area contributed by atoms with Crippen molar-refractivity contribution in [1.82, 2.24) is 0 Å². The molecule has 13 heavy (non-hydrogen) atoms. The molecule has 1 aromatic rings. The molecule has 0 bridgehead atoms. The van der Waals surface area contributed by atoms with E-state index in [1.54, 1.807) is 18.2 Å². The Hall–Kier alpha value is -1.33. The van der Waals surface area contributed by atoms with Crippen molar-refractivity contribution in [3.8, 4) is 18.1 Å². The Morgan fingerprint density at radius 2 is 2.31 bits per heavy atom. The van der Waals surface area contributed by atoms with Crippen LogP contribution in [0.1, 0.15) is 6.42 Å². The lowest BCUT2D eigenvalue weighted by Gasteiger charge is -2.05. The Morgan fingerprint density at radius 3 is 2.92 bits per heavy atom. The van der Waals surface area contributed by atoms with E-state index in [9.17, 15) is 0 Å². The van der Waals surface area contributed by atoms with E-state index in [1.165, 1.54) is 0 Å². The maximum Gasteiger partial charge on any atom is 0.120 e. The van der Waals surface area contributed by atoms with Crippen LogP contribution in [0.3, 0.4) is 0 Å². The average molecular weight is 196 g/mol. The van der Waals surface area contributed by atoms with Gasteiger partial charge in [0, 0.05) is 12.5 Å². The Labute approximate surface area is 82.6 Å². The standard InChI is InChI=1S/C10H10ClNO/c1-2-3-6-13-8-4-5-10(12)9(11)7-8/h1,4-5,7H,3,6,12H2. The molecule has 0 atom stereocenters. The van der Waals surface area contributed by atoms with Gasteiger partial charge in [0.1, 0.15) is 5.75 Å². The molecule has 0 heterocycles. The molecular formula is C10H10ClNO. The van der Waals surface area contributed by atoms with Gasteiger partial charge in [0.15, 0.2) is 0 Å². The first kappa shape index (κ1) is 9.76. The molecule has 68 valence electrons. The zero-order valence-corrected chi connectivity index (χ0v) is 7.84. The van der Waals surface area contributed by atoms with Gasteiger partial charge in [0.2, 0.25) is 0 Å². The summed E-state index contributed by atoms with van der Waals surface area (Å²) in [6.45, 7) is 0.497. The van der Waals surface area contributed by atoms with E-state index in [0.717, 1.165) is 0 Å². The molecule has 0 aliphatic rings. The third kappa shape index (κ3) is 2.89. The highest BCUT2D eigenvalue weighted by molar-refractivity contribution is 6.33. The molecule has 0 radical (unpaired) electrons. The van der Waals surface area contributed by atoms with Crippen molar-refractivity contribution in [2.75, 3.05) is 12.3 Å². The van der Waals surface area contributed by atoms with E-state index in [-0.39, 0.29) is 0 Å². The van der Waals surface area contributed by atoms with Gasteiger partial charge in [-0.15, -0.1) is 12.3 Å². The molecule has 2 nitrogen and oxygen atoms in total. The zero-order chi connectivity index (χ0) is 9.68. The number of hydrogen-bond acceptors (Lipinski definition) is 2. The second kappa shape index (κ2) is 4.64. The molecule has 0 amide bonds. The predicted molar refractivity (Wildman–Crippen MR) is 54.8 cm³/mol. The van der Waals surface area contributed by atoms with Crippen molar-refractivity contribution in [1.29, 1.82) is 0 Å². The third-order valence-electron chi connectivity index (χ3n) is 1.49. The normalized spacial score (nSPS) is 9.23. The summed E-state index contributed by atoms with van der Waals surface area (Å²) in [4.78, 5) is 0. The van der Waals surface area contributed by atoms with E-state index in [1.807, 2.05) is 0 Å². The number of nitrogen functional groups attached to an aromatic ring is 1. The van der Waals surface area contributed by atoms with Gasteiger partial charge in [-0.1, -0.05) is 11.6 Å². The molecule has 0 unspecified atom stereocenters. The van der Waals surface area contributed by atoms with Gasteiger partial charge in [0.05, 0.1) is 17.3 Å². The quantitative estimate of drug-likeness (QED) is 0.457. The summed E-state index contributed by atoms with van der Waals surface area (Å²) in [7, 11) is 0. The van der Waals surface area contributed by atoms with Crippen LogP contribution in [0, 0.1) is 12.3 Å². The Bertz CT molecular complexity index is 330. The predicted octanol–water partition coefficient (Wildman–Crippen LogP) is 2.32. The van der Waals surface area contributed by atoms with Gasteiger partial charge in [-0.3, -0.25) is 0 Å². The molecule has 0 spiro atoms. The van der Waals surface area contributed by atoms with Crippen LogP contribution in [0.15, 0.2) is 18.2 Å². The molecule has 0 saturated heterocycles. The summed E-state index contributed by atoms with van der Waals surface area (Å²) < 4.78 is 5.30. The van der Waals surface area contributed by atoms with Crippen LogP contribution in [-0.4, -0.2) is 6.61 Å². The topological polar surface area (TPSA) is 35.2 Å². The number of terminal acetylenes is 1. The summed E-state index contributed by atoms with van der Waals surface area (Å²) in [5, 5.41) is 0.498. The lowest BCUT2D eigenvalue weighted by atomic mass is 10.3. The minimum atomic E-state index is 0.497. The van der Waals surface area contributed by atoms with E-state index < -0.39 is 0 Å². The first-order chi connectivity index (χ1) is 6.24. The third-order valence-corrected chi connectivity index (χ3v) is 1.81. The van der Waals surface area contributed by atoms with Crippen molar-refractivity contribution in [3.63, 3.8) is 0 Å². The largest absolute Gasteiger partial charge is 0.493 e. The van der Waals surface area contributed by atoms with Crippen LogP contribution in [0.4, 0.5) is 5.69 Å². The molecule has 1 aromatic carbocycles. The summed E-state index contributed by atoms with van der Waals surface area (Å²) in [6, 6.07) is 5.14. The van der Waals surface area contributed by atoms with E-state index >= 15 is 0 Å². The molecule has 2 N–H and O–H groups in total. The van der Waals surface area contributed by atoms with Crippen molar-refractivity contribution in [3.05, 3.63) is 23.2 Å². The van der Waals surface area contributed by atoms with Gasteiger partial charge < -0.3 is 10.5 Å². The number of halogens is 1. The molecule has 3 heteroatoms. The van der Waals surface area contributed by atoms with Crippen LogP contribution in [0.2, 0.25) is 5.02 Å². The van der Waals surface area contributed by atoms with Crippen molar-refractivity contribution in [2.45, 2.75) is 6.42 Å². The van der Waals surface area contributed by atoms with Crippen LogP contribution in [0.5, 0.6) is 5.75 Å². The van der Waals surface area contributed by atoms with Crippen molar-refractivity contribution in [2.24, 2.45) is 0 Å². The van der Waals surface area contributed by atoms with Gasteiger partial charge in [0.25, 0.3) is 0 Å². The molecule has 0 saturated carbocycles. The highest BCUT2D eigenvalue weighted by Gasteiger charge is 1.98. The fraction of sp³-hybridized carbons (Fsp3) is 0.200. The number of ether oxygens (including phenoxy) is 1. The van der Waals surface area contributed by atoms with Gasteiger partial charge in [-0.05, 0) is 12.1 Å². The minimum Gasteiger partial charge on any atom is -0.493 e. The first-order valence-corrected chi connectivity index (χ1v) is 4.23. The lowest BCUT2D eigenvalue weighted by molar-refractivity contribution is 0.327. The van der Waals surface area contributed by atoms with Crippen LogP contribution in [-0.2, 0) is 0 Å². The molecule has 0 aromatic heterocycles. The number of nitrogens with two attached hydrogens (primary N) is 1. The second-order valence-corrected chi connectivity index (χ2v) is 2.89. The van der Waals surface area contributed by atoms with E-state index in [4.69, 9.17) is 28.5 Å². The molecule has 0 fully saturated rings. The Balaban J connectivity index is 2.59. The number of anilines is 1. The highest BCUT2D eigenvalue weighted by atomic mass is 35.5. The van der Waals surface area contributed by atoms with E-state index in [0.29, 0.717) is 29.5 Å². The first-order valence-electron chi connectivity index (χ1n) is 3.85. The summed E-state index contributed by atoms with van der Waals surface area (Å²) in [5.74, 6) is 3.17. The summed E-state index contributed by atoms with van der Waals surface area (Å²) >= 11 is 5.78. The van der Waals surface area contributed by atoms with Gasteiger partial charge in [-0.2, -0.15) is 0 Å². The number of rotatable bonds is 3. The fourth-order valence-corrected chi connectivity index (χ4v) is 0.996. The van der Waals surface area contributed by atoms with Crippen LogP contribution < -0.4 is 10.5 Å². The van der Waals surface area contributed by atoms with Gasteiger partial charge >= 0.3 is 0 Å². The van der Waals surface area contributed by atoms with Crippen molar-refractivity contribution < 1.29 is 4.74 Å². The molecule has 0 aliphatic heterocycles. The second-order valence-electron chi connectivity index (χ2n) is 2.49.